The molecule has 2 aromatic heterocycles. The van der Waals surface area contributed by atoms with E-state index in [1.54, 1.807) is 12.4 Å². The van der Waals surface area contributed by atoms with E-state index in [2.05, 4.69) is 40.2 Å². The monoisotopic (exact) mass is 273 g/mol. The summed E-state index contributed by atoms with van der Waals surface area (Å²) in [7, 11) is 2.08. The Morgan fingerprint density at radius 3 is 3.00 bits per heavy atom. The third kappa shape index (κ3) is 3.74. The van der Waals surface area contributed by atoms with Crippen LogP contribution in [0.15, 0.2) is 24.5 Å². The third-order valence-corrected chi connectivity index (χ3v) is 3.48. The number of nitrogens with zero attached hydrogens (tertiary/aromatic N) is 4. The van der Waals surface area contributed by atoms with Crippen LogP contribution in [-0.4, -0.2) is 28.5 Å². The maximum absolute atomic E-state index is 8.76. The number of rotatable bonds is 5. The molecule has 0 spiro atoms. The highest BCUT2D eigenvalue weighted by molar-refractivity contribution is 7.16. The smallest absolute Gasteiger partial charge is 0.189 e. The molecule has 98 valence electrons. The number of thiazole rings is 1. The van der Waals surface area contributed by atoms with Gasteiger partial charge in [0.05, 0.1) is 6.20 Å². The van der Waals surface area contributed by atoms with Gasteiger partial charge in [-0.25, -0.2) is 9.97 Å². The second-order valence-electron chi connectivity index (χ2n) is 4.15. The van der Waals surface area contributed by atoms with Gasteiger partial charge in [0.25, 0.3) is 0 Å². The van der Waals surface area contributed by atoms with E-state index in [0.717, 1.165) is 18.9 Å². The van der Waals surface area contributed by atoms with E-state index in [1.165, 1.54) is 16.9 Å². The molecule has 2 rings (SSSR count). The average Bonchev–Trinajstić information content (AvgIpc) is 2.86. The van der Waals surface area contributed by atoms with E-state index in [9.17, 15) is 0 Å². The van der Waals surface area contributed by atoms with Gasteiger partial charge >= 0.3 is 0 Å². The number of pyridine rings is 1. The van der Waals surface area contributed by atoms with Gasteiger partial charge in [-0.3, -0.25) is 0 Å². The van der Waals surface area contributed by atoms with Crippen molar-refractivity contribution in [2.24, 2.45) is 0 Å². The van der Waals surface area contributed by atoms with Gasteiger partial charge in [-0.15, -0.1) is 0 Å². The normalized spacial score (nSPS) is 10.4. The molecule has 0 unspecified atom stereocenters. The van der Waals surface area contributed by atoms with Crippen molar-refractivity contribution in [2.75, 3.05) is 18.9 Å². The number of aromatic nitrogens is 2. The fraction of sp³-hybridized carbons (Fsp3) is 0.308. The van der Waals surface area contributed by atoms with Gasteiger partial charge < -0.3 is 10.2 Å². The summed E-state index contributed by atoms with van der Waals surface area (Å²) < 4.78 is 0. The fourth-order valence-electron chi connectivity index (χ4n) is 1.56. The van der Waals surface area contributed by atoms with Crippen LogP contribution in [0.1, 0.15) is 17.4 Å². The second kappa shape index (κ2) is 6.27. The lowest BCUT2D eigenvalue weighted by Gasteiger charge is -2.14. The van der Waals surface area contributed by atoms with Crippen LogP contribution in [0, 0.1) is 11.3 Å². The largest absolute Gasteiger partial charge is 0.316 e. The number of hydrogen-bond acceptors (Lipinski definition) is 6. The number of hydrogen-bond donors (Lipinski definition) is 1. The molecule has 0 bridgehead atoms. The minimum atomic E-state index is 0.587. The average molecular weight is 273 g/mol. The molecule has 5 nitrogen and oxygen atoms in total. The lowest BCUT2D eigenvalue weighted by atomic mass is 10.2. The maximum atomic E-state index is 8.76. The summed E-state index contributed by atoms with van der Waals surface area (Å²) >= 11 is 1.32. The molecule has 0 atom stereocenters. The Morgan fingerprint density at radius 1 is 1.47 bits per heavy atom. The standard InChI is InChI=1S/C13H15N5S/c1-3-18(2)9-10-4-5-15-12(6-10)17-13-16-8-11(7-14)19-13/h4-6,8H,3,9H2,1-2H3,(H,15,16,17). The molecule has 1 N–H and O–H groups in total. The van der Waals surface area contributed by atoms with E-state index in [-0.39, 0.29) is 0 Å². The second-order valence-corrected chi connectivity index (χ2v) is 5.18. The SMILES string of the molecule is CCN(C)Cc1ccnc(Nc2ncc(C#N)s2)c1. The minimum Gasteiger partial charge on any atom is -0.316 e. The molecule has 2 aromatic rings. The lowest BCUT2D eigenvalue weighted by Crippen LogP contribution is -2.16. The van der Waals surface area contributed by atoms with E-state index >= 15 is 0 Å². The lowest BCUT2D eigenvalue weighted by molar-refractivity contribution is 0.346. The molecule has 6 heteroatoms. The van der Waals surface area contributed by atoms with E-state index in [4.69, 9.17) is 5.26 Å². The Balaban J connectivity index is 2.08. The van der Waals surface area contributed by atoms with E-state index < -0.39 is 0 Å². The summed E-state index contributed by atoms with van der Waals surface area (Å²) in [4.78, 5) is 11.2. The molecule has 0 radical (unpaired) electrons. The van der Waals surface area contributed by atoms with E-state index in [0.29, 0.717) is 10.0 Å². The van der Waals surface area contributed by atoms with E-state index in [1.807, 2.05) is 12.1 Å². The minimum absolute atomic E-state index is 0.587. The molecule has 0 saturated carbocycles. The Morgan fingerprint density at radius 2 is 2.32 bits per heavy atom. The summed E-state index contributed by atoms with van der Waals surface area (Å²) in [5.74, 6) is 0.751. The van der Waals surface area contributed by atoms with Crippen molar-refractivity contribution in [1.82, 2.24) is 14.9 Å². The van der Waals surface area contributed by atoms with Crippen molar-refractivity contribution in [3.8, 4) is 6.07 Å². The van der Waals surface area contributed by atoms with Crippen LogP contribution in [0.5, 0.6) is 0 Å². The van der Waals surface area contributed by atoms with Crippen molar-refractivity contribution in [3.63, 3.8) is 0 Å². The van der Waals surface area contributed by atoms with Gasteiger partial charge in [0.15, 0.2) is 5.13 Å². The molecular formula is C13H15N5S. The first-order valence-corrected chi connectivity index (χ1v) is 6.79. The Bertz CT molecular complexity index is 587. The Labute approximate surface area is 116 Å². The molecule has 19 heavy (non-hydrogen) atoms. The predicted molar refractivity (Wildman–Crippen MR) is 76.4 cm³/mol. The molecule has 0 aliphatic rings. The molecule has 0 amide bonds. The van der Waals surface area contributed by atoms with Crippen LogP contribution in [0.4, 0.5) is 10.9 Å². The summed E-state index contributed by atoms with van der Waals surface area (Å²) in [5, 5.41) is 12.6. The van der Waals surface area contributed by atoms with Gasteiger partial charge in [0, 0.05) is 12.7 Å². The fourth-order valence-corrected chi connectivity index (χ4v) is 2.18. The first kappa shape index (κ1) is 13.5. The van der Waals surface area contributed by atoms with Gasteiger partial charge in [-0.1, -0.05) is 18.3 Å². The summed E-state index contributed by atoms with van der Waals surface area (Å²) in [5.41, 5.74) is 1.19. The number of nitriles is 1. The first-order chi connectivity index (χ1) is 9.21. The Hall–Kier alpha value is -1.97. The summed E-state index contributed by atoms with van der Waals surface area (Å²) in [6.45, 7) is 4.01. The maximum Gasteiger partial charge on any atom is 0.189 e. The molecular weight excluding hydrogens is 258 g/mol. The predicted octanol–water partition coefficient (Wildman–Crippen LogP) is 2.61. The Kier molecular flexibility index (Phi) is 4.44. The quantitative estimate of drug-likeness (QED) is 0.907. The van der Waals surface area contributed by atoms with Crippen LogP contribution in [0.3, 0.4) is 0 Å². The number of anilines is 2. The van der Waals surface area contributed by atoms with Crippen LogP contribution >= 0.6 is 11.3 Å². The van der Waals surface area contributed by atoms with Gasteiger partial charge in [-0.2, -0.15) is 5.26 Å². The van der Waals surface area contributed by atoms with Crippen molar-refractivity contribution >= 4 is 22.3 Å². The van der Waals surface area contributed by atoms with Gasteiger partial charge in [-0.05, 0) is 31.3 Å². The topological polar surface area (TPSA) is 64.8 Å². The molecule has 0 saturated heterocycles. The summed E-state index contributed by atoms with van der Waals surface area (Å²) in [6, 6.07) is 6.07. The number of nitrogens with one attached hydrogen (secondary N) is 1. The van der Waals surface area contributed by atoms with Gasteiger partial charge in [0.1, 0.15) is 16.8 Å². The van der Waals surface area contributed by atoms with Crippen molar-refractivity contribution in [3.05, 3.63) is 35.0 Å². The van der Waals surface area contributed by atoms with Crippen LogP contribution in [0.25, 0.3) is 0 Å². The third-order valence-electron chi connectivity index (χ3n) is 2.67. The zero-order valence-electron chi connectivity index (χ0n) is 10.9. The summed E-state index contributed by atoms with van der Waals surface area (Å²) in [6.07, 6.45) is 3.34. The molecule has 0 aromatic carbocycles. The molecule has 2 heterocycles. The zero-order chi connectivity index (χ0) is 13.7. The van der Waals surface area contributed by atoms with Crippen LogP contribution in [0.2, 0.25) is 0 Å². The van der Waals surface area contributed by atoms with Crippen molar-refractivity contribution < 1.29 is 0 Å². The van der Waals surface area contributed by atoms with Crippen molar-refractivity contribution in [2.45, 2.75) is 13.5 Å². The molecule has 0 fully saturated rings. The van der Waals surface area contributed by atoms with Crippen LogP contribution in [-0.2, 0) is 6.54 Å². The molecule has 0 aliphatic heterocycles. The van der Waals surface area contributed by atoms with Crippen molar-refractivity contribution in [1.29, 1.82) is 5.26 Å². The van der Waals surface area contributed by atoms with Crippen LogP contribution < -0.4 is 5.32 Å². The molecule has 0 aliphatic carbocycles. The van der Waals surface area contributed by atoms with Gasteiger partial charge in [0.2, 0.25) is 0 Å². The highest BCUT2D eigenvalue weighted by Crippen LogP contribution is 2.21. The highest BCUT2D eigenvalue weighted by Gasteiger charge is 2.04. The highest BCUT2D eigenvalue weighted by atomic mass is 32.1. The first-order valence-electron chi connectivity index (χ1n) is 5.97. The zero-order valence-corrected chi connectivity index (χ0v) is 11.7.